The van der Waals surface area contributed by atoms with Crippen molar-refractivity contribution < 1.29 is 9.53 Å². The second-order valence-electron chi connectivity index (χ2n) is 5.52. The van der Waals surface area contributed by atoms with Crippen LogP contribution in [0.25, 0.3) is 0 Å². The number of nitrogens with zero attached hydrogens (tertiary/aromatic N) is 2. The molecule has 2 N–H and O–H groups in total. The first-order valence-corrected chi connectivity index (χ1v) is 8.03. The molecule has 6 nitrogen and oxygen atoms in total. The average Bonchev–Trinajstić information content (AvgIpc) is 2.56. The van der Waals surface area contributed by atoms with Crippen LogP contribution >= 0.6 is 0 Å². The SMILES string of the molecule is CCc1cccc(C)c1NC(=O)c1cc(NCCOC)nc(C)n1. The summed E-state index contributed by atoms with van der Waals surface area (Å²) in [5.41, 5.74) is 3.34. The summed E-state index contributed by atoms with van der Waals surface area (Å²) in [4.78, 5) is 21.2. The van der Waals surface area contributed by atoms with Gasteiger partial charge in [0.15, 0.2) is 0 Å². The summed E-state index contributed by atoms with van der Waals surface area (Å²) >= 11 is 0. The summed E-state index contributed by atoms with van der Waals surface area (Å²) in [5, 5.41) is 6.11. The number of para-hydroxylation sites is 1. The van der Waals surface area contributed by atoms with E-state index in [4.69, 9.17) is 4.74 Å². The molecular formula is C18H24N4O2. The molecule has 0 saturated carbocycles. The molecule has 0 aliphatic carbocycles. The molecule has 0 fully saturated rings. The average molecular weight is 328 g/mol. The van der Waals surface area contributed by atoms with Crippen molar-refractivity contribution in [3.05, 3.63) is 46.9 Å². The zero-order valence-electron chi connectivity index (χ0n) is 14.6. The van der Waals surface area contributed by atoms with E-state index in [-0.39, 0.29) is 5.91 Å². The van der Waals surface area contributed by atoms with E-state index in [1.807, 2.05) is 25.1 Å². The molecule has 1 amide bonds. The van der Waals surface area contributed by atoms with Crippen LogP contribution in [0.4, 0.5) is 11.5 Å². The lowest BCUT2D eigenvalue weighted by atomic mass is 10.1. The van der Waals surface area contributed by atoms with Crippen LogP contribution in [0.2, 0.25) is 0 Å². The number of carbonyl (C=O) groups is 1. The molecule has 0 radical (unpaired) electrons. The minimum absolute atomic E-state index is 0.237. The van der Waals surface area contributed by atoms with Gasteiger partial charge in [0.2, 0.25) is 0 Å². The van der Waals surface area contributed by atoms with E-state index >= 15 is 0 Å². The molecule has 1 heterocycles. The molecule has 0 saturated heterocycles. The molecule has 0 aliphatic rings. The Bertz CT molecular complexity index is 716. The zero-order valence-corrected chi connectivity index (χ0v) is 14.6. The van der Waals surface area contributed by atoms with Crippen LogP contribution < -0.4 is 10.6 Å². The molecule has 128 valence electrons. The Morgan fingerprint density at radius 2 is 2.04 bits per heavy atom. The van der Waals surface area contributed by atoms with Crippen molar-refractivity contribution in [3.63, 3.8) is 0 Å². The van der Waals surface area contributed by atoms with Gasteiger partial charge in [-0.2, -0.15) is 0 Å². The third-order valence-electron chi connectivity index (χ3n) is 3.66. The van der Waals surface area contributed by atoms with E-state index in [0.717, 1.165) is 23.2 Å². The van der Waals surface area contributed by atoms with Gasteiger partial charge in [-0.3, -0.25) is 4.79 Å². The molecule has 1 aromatic carbocycles. The van der Waals surface area contributed by atoms with E-state index in [2.05, 4.69) is 27.5 Å². The lowest BCUT2D eigenvalue weighted by molar-refractivity contribution is 0.102. The normalized spacial score (nSPS) is 10.5. The number of hydrogen-bond acceptors (Lipinski definition) is 5. The highest BCUT2D eigenvalue weighted by atomic mass is 16.5. The topological polar surface area (TPSA) is 76.1 Å². The third-order valence-corrected chi connectivity index (χ3v) is 3.66. The summed E-state index contributed by atoms with van der Waals surface area (Å²) < 4.78 is 5.00. The number of rotatable bonds is 7. The molecule has 0 unspecified atom stereocenters. The Morgan fingerprint density at radius 3 is 2.75 bits per heavy atom. The first-order chi connectivity index (χ1) is 11.5. The van der Waals surface area contributed by atoms with Gasteiger partial charge in [-0.15, -0.1) is 0 Å². The highest BCUT2D eigenvalue weighted by Gasteiger charge is 2.13. The number of amides is 1. The monoisotopic (exact) mass is 328 g/mol. The van der Waals surface area contributed by atoms with Gasteiger partial charge >= 0.3 is 0 Å². The van der Waals surface area contributed by atoms with Crippen molar-refractivity contribution in [1.82, 2.24) is 9.97 Å². The minimum atomic E-state index is -0.237. The molecule has 2 rings (SSSR count). The van der Waals surface area contributed by atoms with Gasteiger partial charge < -0.3 is 15.4 Å². The minimum Gasteiger partial charge on any atom is -0.383 e. The number of benzene rings is 1. The molecule has 6 heteroatoms. The summed E-state index contributed by atoms with van der Waals surface area (Å²) in [5.74, 6) is 0.924. The van der Waals surface area contributed by atoms with Gasteiger partial charge in [-0.1, -0.05) is 25.1 Å². The second-order valence-corrected chi connectivity index (χ2v) is 5.52. The number of nitrogens with one attached hydrogen (secondary N) is 2. The molecule has 2 aromatic rings. The summed E-state index contributed by atoms with van der Waals surface area (Å²) in [7, 11) is 1.64. The Labute approximate surface area is 142 Å². The number of carbonyl (C=O) groups excluding carboxylic acids is 1. The second kappa shape index (κ2) is 8.40. The Balaban J connectivity index is 2.21. The van der Waals surface area contributed by atoms with Gasteiger partial charge in [0.25, 0.3) is 5.91 Å². The smallest absolute Gasteiger partial charge is 0.274 e. The first-order valence-electron chi connectivity index (χ1n) is 8.03. The zero-order chi connectivity index (χ0) is 17.5. The molecule has 0 atom stereocenters. The molecule has 0 spiro atoms. The van der Waals surface area contributed by atoms with E-state index in [1.54, 1.807) is 20.1 Å². The van der Waals surface area contributed by atoms with Crippen molar-refractivity contribution >= 4 is 17.4 Å². The Hall–Kier alpha value is -2.47. The number of ether oxygens (including phenoxy) is 1. The van der Waals surface area contributed by atoms with Gasteiger partial charge in [0, 0.05) is 25.4 Å². The predicted octanol–water partition coefficient (Wildman–Crippen LogP) is 2.97. The van der Waals surface area contributed by atoms with Crippen LogP contribution in [0.5, 0.6) is 0 Å². The third kappa shape index (κ3) is 4.52. The van der Waals surface area contributed by atoms with Crippen LogP contribution in [0, 0.1) is 13.8 Å². The standard InChI is InChI=1S/C18H24N4O2/c1-5-14-8-6-7-12(2)17(14)22-18(23)15-11-16(19-9-10-24-4)21-13(3)20-15/h6-8,11H,5,9-10H2,1-4H3,(H,22,23)(H,19,20,21). The fraction of sp³-hybridized carbons (Fsp3) is 0.389. The summed E-state index contributed by atoms with van der Waals surface area (Å²) in [6, 6.07) is 7.65. The number of anilines is 2. The lowest BCUT2D eigenvalue weighted by Crippen LogP contribution is -2.18. The maximum Gasteiger partial charge on any atom is 0.274 e. The van der Waals surface area contributed by atoms with Gasteiger partial charge in [0.1, 0.15) is 17.3 Å². The fourth-order valence-electron chi connectivity index (χ4n) is 2.44. The number of hydrogen-bond donors (Lipinski definition) is 2. The van der Waals surface area contributed by atoms with E-state index in [1.165, 1.54) is 0 Å². The summed E-state index contributed by atoms with van der Waals surface area (Å²) in [6.07, 6.45) is 0.851. The fourth-order valence-corrected chi connectivity index (χ4v) is 2.44. The van der Waals surface area contributed by atoms with Crippen molar-refractivity contribution in [2.45, 2.75) is 27.2 Å². The molecule has 24 heavy (non-hydrogen) atoms. The van der Waals surface area contributed by atoms with Crippen LogP contribution in [0.15, 0.2) is 24.3 Å². The van der Waals surface area contributed by atoms with Crippen LogP contribution in [-0.4, -0.2) is 36.1 Å². The first kappa shape index (κ1) is 17.9. The molecule has 1 aromatic heterocycles. The van der Waals surface area contributed by atoms with E-state index in [9.17, 15) is 4.79 Å². The van der Waals surface area contributed by atoms with Crippen molar-refractivity contribution in [2.75, 3.05) is 30.9 Å². The van der Waals surface area contributed by atoms with Gasteiger partial charge in [-0.05, 0) is 31.4 Å². The van der Waals surface area contributed by atoms with E-state index < -0.39 is 0 Å². The van der Waals surface area contributed by atoms with E-state index in [0.29, 0.717) is 30.5 Å². The highest BCUT2D eigenvalue weighted by molar-refractivity contribution is 6.04. The predicted molar refractivity (Wildman–Crippen MR) is 95.6 cm³/mol. The van der Waals surface area contributed by atoms with Crippen molar-refractivity contribution in [2.24, 2.45) is 0 Å². The highest BCUT2D eigenvalue weighted by Crippen LogP contribution is 2.22. The molecule has 0 bridgehead atoms. The lowest BCUT2D eigenvalue weighted by Gasteiger charge is -2.13. The van der Waals surface area contributed by atoms with Crippen molar-refractivity contribution in [3.8, 4) is 0 Å². The maximum atomic E-state index is 12.6. The summed E-state index contributed by atoms with van der Waals surface area (Å²) in [6.45, 7) is 7.00. The Kier molecular flexibility index (Phi) is 6.26. The maximum absolute atomic E-state index is 12.6. The van der Waals surface area contributed by atoms with Gasteiger partial charge in [0.05, 0.1) is 6.61 Å². The molecule has 0 aliphatic heterocycles. The van der Waals surface area contributed by atoms with Crippen LogP contribution in [0.1, 0.15) is 34.4 Å². The van der Waals surface area contributed by atoms with Gasteiger partial charge in [-0.25, -0.2) is 9.97 Å². The number of aryl methyl sites for hydroxylation is 3. The number of aromatic nitrogens is 2. The Morgan fingerprint density at radius 1 is 1.25 bits per heavy atom. The number of methoxy groups -OCH3 is 1. The van der Waals surface area contributed by atoms with Crippen molar-refractivity contribution in [1.29, 1.82) is 0 Å². The molecular weight excluding hydrogens is 304 g/mol. The quantitative estimate of drug-likeness (QED) is 0.764. The van der Waals surface area contributed by atoms with Crippen LogP contribution in [0.3, 0.4) is 0 Å². The van der Waals surface area contributed by atoms with Crippen LogP contribution in [-0.2, 0) is 11.2 Å². The largest absolute Gasteiger partial charge is 0.383 e.